The van der Waals surface area contributed by atoms with Gasteiger partial charge in [0.25, 0.3) is 0 Å². The van der Waals surface area contributed by atoms with E-state index in [4.69, 9.17) is 6.92 Å². The molecule has 28 heavy (non-hydrogen) atoms. The highest BCUT2D eigenvalue weighted by Gasteiger charge is 2.43. The summed E-state index contributed by atoms with van der Waals surface area (Å²) in [6, 6.07) is 15.7. The van der Waals surface area contributed by atoms with Gasteiger partial charge in [0.05, 0.1) is 5.41 Å². The van der Waals surface area contributed by atoms with Crippen LogP contribution in [-0.4, -0.2) is 22.7 Å². The normalized spacial score (nSPS) is 15.5. The van der Waals surface area contributed by atoms with E-state index < -0.39 is 0 Å². The fraction of sp³-hybridized carbons (Fsp3) is 0.240. The first-order valence-electron chi connectivity index (χ1n) is 9.61. The van der Waals surface area contributed by atoms with E-state index in [1.807, 2.05) is 48.6 Å². The van der Waals surface area contributed by atoms with Crippen molar-refractivity contribution in [2.75, 3.05) is 11.4 Å². The molecule has 1 aliphatic heterocycles. The van der Waals surface area contributed by atoms with E-state index >= 15 is 0 Å². The highest BCUT2D eigenvalue weighted by molar-refractivity contribution is 6.03. The van der Waals surface area contributed by atoms with Crippen molar-refractivity contribution in [3.8, 4) is 0 Å². The molecule has 2 aromatic rings. The molecule has 1 amide bonds. The largest absolute Gasteiger partial charge is 0.288 e. The zero-order valence-electron chi connectivity index (χ0n) is 17.0. The zero-order valence-corrected chi connectivity index (χ0v) is 17.0. The van der Waals surface area contributed by atoms with Crippen LogP contribution in [0.3, 0.4) is 0 Å². The third kappa shape index (κ3) is 3.70. The highest BCUT2D eigenvalue weighted by atomic mass is 16.2. The molecule has 1 heterocycles. The van der Waals surface area contributed by atoms with Gasteiger partial charge >= 0.3 is 0 Å². The first-order valence-corrected chi connectivity index (χ1v) is 9.61. The Kier molecular flexibility index (Phi) is 5.64. The Labute approximate surface area is 168 Å². The molecule has 0 aliphatic carbocycles. The minimum absolute atomic E-state index is 0.0252. The fourth-order valence-electron chi connectivity index (χ4n) is 3.78. The lowest BCUT2D eigenvalue weighted by atomic mass is 9.81. The summed E-state index contributed by atoms with van der Waals surface area (Å²) >= 11 is 0. The molecule has 3 rings (SSSR count). The Bertz CT molecular complexity index is 965. The van der Waals surface area contributed by atoms with Gasteiger partial charge in [-0.15, -0.1) is 0 Å². The molecule has 3 nitrogen and oxygen atoms in total. The maximum atomic E-state index is 12.0. The van der Waals surface area contributed by atoms with Crippen LogP contribution in [0.5, 0.6) is 0 Å². The van der Waals surface area contributed by atoms with Crippen molar-refractivity contribution in [3.05, 3.63) is 91.0 Å². The molecule has 3 heteroatoms. The summed E-state index contributed by atoms with van der Waals surface area (Å²) in [5.74, 6) is -0.0252. The number of hydrogen-bond donors (Lipinski definition) is 0. The average Bonchev–Trinajstić information content (AvgIpc) is 2.88. The number of benzene rings is 2. The van der Waals surface area contributed by atoms with Crippen molar-refractivity contribution in [3.63, 3.8) is 0 Å². The summed E-state index contributed by atoms with van der Waals surface area (Å²) in [6.45, 7) is 15.1. The van der Waals surface area contributed by atoms with Gasteiger partial charge < -0.3 is 0 Å². The van der Waals surface area contributed by atoms with Gasteiger partial charge in [-0.05, 0) is 57.5 Å². The van der Waals surface area contributed by atoms with Crippen LogP contribution in [0, 0.1) is 6.92 Å². The van der Waals surface area contributed by atoms with E-state index in [1.54, 1.807) is 18.0 Å². The Hall–Kier alpha value is -2.94. The molecule has 2 aromatic carbocycles. The van der Waals surface area contributed by atoms with Gasteiger partial charge in [-0.1, -0.05) is 30.3 Å². The number of rotatable bonds is 5. The van der Waals surface area contributed by atoms with Gasteiger partial charge in [0.2, 0.25) is 11.6 Å². The lowest BCUT2D eigenvalue weighted by Gasteiger charge is -2.16. The summed E-state index contributed by atoms with van der Waals surface area (Å²) in [5.41, 5.74) is 5.17. The van der Waals surface area contributed by atoms with Gasteiger partial charge in [0.1, 0.15) is 6.54 Å². The van der Waals surface area contributed by atoms with Gasteiger partial charge in [-0.25, -0.2) is 0 Å². The van der Waals surface area contributed by atoms with Crippen LogP contribution in [0.1, 0.15) is 38.8 Å². The van der Waals surface area contributed by atoms with E-state index in [-0.39, 0.29) is 11.3 Å². The number of fused-ring (bicyclic) bond motifs is 1. The third-order valence-electron chi connectivity index (χ3n) is 5.21. The van der Waals surface area contributed by atoms with Crippen molar-refractivity contribution < 1.29 is 9.37 Å². The van der Waals surface area contributed by atoms with E-state index in [9.17, 15) is 4.79 Å². The predicted molar refractivity (Wildman–Crippen MR) is 116 cm³/mol. The third-order valence-corrected chi connectivity index (χ3v) is 5.21. The number of anilines is 1. The lowest BCUT2D eigenvalue weighted by molar-refractivity contribution is -0.433. The van der Waals surface area contributed by atoms with Crippen LogP contribution in [-0.2, 0) is 10.2 Å². The van der Waals surface area contributed by atoms with Crippen molar-refractivity contribution in [1.82, 2.24) is 0 Å². The quantitative estimate of drug-likeness (QED) is 0.519. The van der Waals surface area contributed by atoms with Crippen LogP contribution in [0.4, 0.5) is 11.4 Å². The number of carbonyl (C=O) groups is 1. The molecule has 0 aromatic heterocycles. The van der Waals surface area contributed by atoms with Crippen LogP contribution in [0.2, 0.25) is 0 Å². The number of allylic oxidation sites excluding steroid dienone is 3. The molecule has 0 bridgehead atoms. The van der Waals surface area contributed by atoms with Gasteiger partial charge in [0.15, 0.2) is 5.71 Å². The Balaban J connectivity index is 1.89. The molecule has 0 atom stereocenters. The van der Waals surface area contributed by atoms with Crippen molar-refractivity contribution in [2.24, 2.45) is 0 Å². The maximum absolute atomic E-state index is 12.0. The Morgan fingerprint density at radius 1 is 1.14 bits per heavy atom. The van der Waals surface area contributed by atoms with Crippen molar-refractivity contribution >= 4 is 23.0 Å². The number of nitrogens with zero attached hydrogens (tertiary/aromatic N) is 2. The summed E-state index contributed by atoms with van der Waals surface area (Å²) < 4.78 is 2.32. The Morgan fingerprint density at radius 3 is 2.50 bits per heavy atom. The minimum Gasteiger partial charge on any atom is -0.288 e. The number of hydrogen-bond acceptors (Lipinski definition) is 1. The number of para-hydroxylation sites is 1. The fourth-order valence-corrected chi connectivity index (χ4v) is 3.78. The molecule has 1 aliphatic rings. The summed E-state index contributed by atoms with van der Waals surface area (Å²) in [7, 11) is 0. The molecule has 0 unspecified atom stereocenters. The van der Waals surface area contributed by atoms with E-state index in [1.165, 1.54) is 17.0 Å². The summed E-state index contributed by atoms with van der Waals surface area (Å²) in [6.07, 6.45) is 7.83. The average molecular weight is 372 g/mol. The molecule has 2 radical (unpaired) electrons. The molecule has 0 N–H and O–H groups in total. The van der Waals surface area contributed by atoms with Gasteiger partial charge in [-0.3, -0.25) is 9.69 Å². The van der Waals surface area contributed by atoms with Crippen LogP contribution < -0.4 is 4.90 Å². The second kappa shape index (κ2) is 7.97. The van der Waals surface area contributed by atoms with Crippen LogP contribution in [0.15, 0.2) is 73.0 Å². The van der Waals surface area contributed by atoms with Crippen molar-refractivity contribution in [2.45, 2.75) is 33.1 Å². The zero-order chi connectivity index (χ0) is 20.3. The first kappa shape index (κ1) is 19.8. The number of carbonyl (C=O) groups excluding carboxylic acids is 1. The minimum atomic E-state index is -0.134. The number of amides is 1. The van der Waals surface area contributed by atoms with Crippen molar-refractivity contribution in [1.29, 1.82) is 0 Å². The Morgan fingerprint density at radius 2 is 1.86 bits per heavy atom. The second-order valence-corrected chi connectivity index (χ2v) is 7.46. The molecule has 0 saturated carbocycles. The molecule has 142 valence electrons. The summed E-state index contributed by atoms with van der Waals surface area (Å²) in [4.78, 5) is 13.6. The monoisotopic (exact) mass is 371 g/mol. The van der Waals surface area contributed by atoms with Gasteiger partial charge in [-0.2, -0.15) is 4.58 Å². The standard InChI is InChI=1S/C25H27N2O/c1-6-26-23-16-15-19(2)18-22(23)25(4,5)24(26)14-10-11-17-27(20(3)28)21-12-8-7-9-13-21/h2,7-18H,6H2,1,3-5H3/q+1. The van der Waals surface area contributed by atoms with E-state index in [2.05, 4.69) is 43.6 Å². The van der Waals surface area contributed by atoms with Gasteiger partial charge in [0, 0.05) is 36.5 Å². The molecular formula is C25H27N2O+. The molecule has 0 fully saturated rings. The van der Waals surface area contributed by atoms with E-state index in [0.29, 0.717) is 0 Å². The van der Waals surface area contributed by atoms with Crippen LogP contribution >= 0.6 is 0 Å². The summed E-state index contributed by atoms with van der Waals surface area (Å²) in [5, 5.41) is 0. The topological polar surface area (TPSA) is 23.3 Å². The first-order chi connectivity index (χ1) is 13.4. The maximum Gasteiger partial charge on any atom is 0.227 e. The SMILES string of the molecule is [CH]c1ccc2c(c1)C(C)(C)C(/C=C/C=C/N(C(C)=O)c1ccccc1)=[N+]2CC. The predicted octanol–water partition coefficient (Wildman–Crippen LogP) is 5.26. The molecule has 0 spiro atoms. The second-order valence-electron chi connectivity index (χ2n) is 7.46. The lowest BCUT2D eigenvalue weighted by Crippen LogP contribution is -2.27. The van der Waals surface area contributed by atoms with Crippen LogP contribution in [0.25, 0.3) is 0 Å². The smallest absolute Gasteiger partial charge is 0.227 e. The highest BCUT2D eigenvalue weighted by Crippen LogP contribution is 2.40. The molecular weight excluding hydrogens is 344 g/mol. The molecule has 0 saturated heterocycles. The van der Waals surface area contributed by atoms with E-state index in [0.717, 1.165) is 17.8 Å².